The molecule has 3 aromatic heterocycles. The maximum absolute atomic E-state index is 13.7. The number of hydrogen-bond donors (Lipinski definition) is 5. The predicted octanol–water partition coefficient (Wildman–Crippen LogP) is 9.59. The van der Waals surface area contributed by atoms with Crippen LogP contribution in [0.2, 0.25) is 1.41 Å². The van der Waals surface area contributed by atoms with Crippen molar-refractivity contribution in [2.75, 3.05) is 0 Å². The molecule has 493 valence electrons. The third-order valence-electron chi connectivity index (χ3n) is 12.4. The van der Waals surface area contributed by atoms with Gasteiger partial charge in [-0.05, 0) is 99.9 Å². The fourth-order valence-electron chi connectivity index (χ4n) is 9.14. The van der Waals surface area contributed by atoms with E-state index in [4.69, 9.17) is 17.1 Å². The van der Waals surface area contributed by atoms with Gasteiger partial charge in [-0.2, -0.15) is 16.8 Å². The molecule has 5 heterocycles. The van der Waals surface area contributed by atoms with Crippen LogP contribution in [0.4, 0.5) is 22.7 Å². The first-order chi connectivity index (χ1) is 44.3. The first-order valence-electron chi connectivity index (χ1n) is 23.8. The molecule has 42 nitrogen and oxygen atoms in total. The molecule has 0 fully saturated rings. The average molecular weight is 1530 g/mol. The summed E-state index contributed by atoms with van der Waals surface area (Å²) in [6.07, 6.45) is 0. The van der Waals surface area contributed by atoms with Gasteiger partial charge in [-0.15, -0.1) is 10.1 Å². The van der Waals surface area contributed by atoms with Gasteiger partial charge in [0.15, 0.2) is 22.8 Å². The summed E-state index contributed by atoms with van der Waals surface area (Å²) >= 11 is 4.82. The molecule has 8 bridgehead atoms. The van der Waals surface area contributed by atoms with Crippen LogP contribution in [0.15, 0.2) is 117 Å². The second-order valence-corrected chi connectivity index (χ2v) is 24.3. The third-order valence-corrected chi connectivity index (χ3v) is 15.4. The summed E-state index contributed by atoms with van der Waals surface area (Å²) in [5, 5.41) is 141. The van der Waals surface area contributed by atoms with Crippen molar-refractivity contribution in [2.45, 2.75) is 19.6 Å². The van der Waals surface area contributed by atoms with Crippen molar-refractivity contribution in [3.05, 3.63) is 207 Å². The van der Waals surface area contributed by atoms with Crippen molar-refractivity contribution >= 4 is 140 Å². The number of rotatable bonds is 20. The monoisotopic (exact) mass is 1530 g/mol. The molecular weight excluding hydrogens is 1510 g/mol. The fourth-order valence-corrected chi connectivity index (χ4v) is 10.8. The first kappa shape index (κ1) is 74.9. The maximum Gasteiger partial charge on any atom is 3.00 e. The Labute approximate surface area is 562 Å². The van der Waals surface area contributed by atoms with Crippen molar-refractivity contribution < 1.29 is 135 Å². The Morgan fingerprint density at radius 3 is 0.842 bits per heavy atom. The van der Waals surface area contributed by atoms with Gasteiger partial charge in [-0.3, -0.25) is 90.0 Å². The summed E-state index contributed by atoms with van der Waals surface area (Å²) in [6, 6.07) is 11.8. The largest absolute Gasteiger partial charge is 3.00 e. The summed E-state index contributed by atoms with van der Waals surface area (Å²) in [7, 11) is -7.18. The molecule has 51 heteroatoms. The Hall–Kier alpha value is -9.13. The number of nitrogens with zero attached hydrogens (tertiary/aromatic N) is 12. The van der Waals surface area contributed by atoms with E-state index in [1.807, 2.05) is 0 Å². The minimum absolute atomic E-state index is 0. The van der Waals surface area contributed by atoms with E-state index in [0.717, 1.165) is 55.6 Å². The summed E-state index contributed by atoms with van der Waals surface area (Å²) in [5.74, 6) is 1.75. The van der Waals surface area contributed by atoms with E-state index >= 15 is 0 Å². The van der Waals surface area contributed by atoms with Crippen LogP contribution in [0, 0.1) is 80.9 Å². The Kier molecular flexibility index (Phi) is 24.8. The number of fused-ring (bicyclic) bond motifs is 8. The summed E-state index contributed by atoms with van der Waals surface area (Å²) in [6.45, 7) is 0. The molecule has 0 spiro atoms. The summed E-state index contributed by atoms with van der Waals surface area (Å²) in [4.78, 5) is 111. The Balaban J connectivity index is 0.00000201. The molecule has 0 saturated carbocycles. The van der Waals surface area contributed by atoms with E-state index in [-0.39, 0.29) is 68.0 Å². The summed E-state index contributed by atoms with van der Waals surface area (Å²) in [5.41, 5.74) is -35.6. The zero-order valence-corrected chi connectivity index (χ0v) is 53.4. The standard InChI is InChI=1S/C44H20N12O28S4.2Mn.H2NO.H2P2S/c57-49(58)37-29-25(17-1-9-21(10-2-17)85-83-81-73)31-39(51(61)62)41(53(65)66)33(46-31)27(19-5-13-23(14-6-19)87(75,76)77)35-43(55(69)70)44(56(71)72)36(48-35)28(20-7-15-24(16-8-20)88(78,79)80)34-42(54(67)68)40(52(63)64)32(47-34)26(30(45-29)38(37)50(59)60)18-3-11-22(12-4-18)86-84-82-74;;;1-2;1-2-3/h1-16,73-74H,(H,75,76,77)(H,78,79,80);;;1-2H;1H2/q-2;;+3;-1;/i;;;1T;. The fraction of sp³-hybridized carbons (Fsp3) is 0. The number of benzene rings is 4. The molecule has 1 atom stereocenters. The van der Waals surface area contributed by atoms with Gasteiger partial charge in [0.25, 0.3) is 20.2 Å². The minimum Gasteiger partial charge on any atom is -0.645 e. The molecule has 9 rings (SSSR count). The molecule has 0 amide bonds. The SMILES string of the molecule is O=[N+]([O-])C1=C([N+](=O)[O-])c2nc1c(-c1ccc(SOOO)cc1)c1[n-]c(c(-c3ccc(SOOO)cc3)c3nc(c(-c4ccc(S(=O)(=O)O)cc4)c4[n-]c(c2-c2ccc(S(=O)(=O)O)cc2)c([N+](=O)[O-])c4[N+](=O)[O-])C([N+](=O)[O-])=C3[N+](=O)[O-])c([N+](=O)[O-])c1[N+](=O)[O-].PP=S.[3H][N-]O.[Mn+3].[Mn]. The first-order valence-corrected chi connectivity index (χ1v) is 31.2. The van der Waals surface area contributed by atoms with Crippen LogP contribution in [0.3, 0.4) is 0 Å². The van der Waals surface area contributed by atoms with Gasteiger partial charge in [0, 0.05) is 49.1 Å². The van der Waals surface area contributed by atoms with Crippen molar-refractivity contribution in [3.8, 4) is 44.5 Å². The smallest absolute Gasteiger partial charge is 0.645 e. The van der Waals surface area contributed by atoms with E-state index in [1.165, 1.54) is 0 Å². The molecule has 1 radical (unpaired) electrons. The number of nitrogens with one attached hydrogen (secondary N) is 1. The Morgan fingerprint density at radius 1 is 0.474 bits per heavy atom. The minimum atomic E-state index is -5.23. The predicted molar refractivity (Wildman–Crippen MR) is 320 cm³/mol. The Bertz CT molecular complexity index is 4590. The van der Waals surface area contributed by atoms with Gasteiger partial charge in [0.1, 0.15) is 0 Å². The molecule has 0 aliphatic carbocycles. The quantitative estimate of drug-likeness (QED) is 0.00901. The summed E-state index contributed by atoms with van der Waals surface area (Å²) < 4.78 is 83.4. The van der Waals surface area contributed by atoms with E-state index in [1.54, 1.807) is 5.89 Å². The van der Waals surface area contributed by atoms with Crippen LogP contribution in [0.25, 0.3) is 95.3 Å². The molecule has 95 heavy (non-hydrogen) atoms. The van der Waals surface area contributed by atoms with E-state index in [0.29, 0.717) is 48.5 Å². The number of nitro groups is 8. The van der Waals surface area contributed by atoms with Crippen LogP contribution in [-0.2, 0) is 84.9 Å². The van der Waals surface area contributed by atoms with E-state index in [2.05, 4.69) is 59.4 Å². The van der Waals surface area contributed by atoms with E-state index in [9.17, 15) is 107 Å². The second kappa shape index (κ2) is 31.4. The molecule has 2 aliphatic heterocycles. The van der Waals surface area contributed by atoms with Crippen LogP contribution in [-0.4, -0.2) is 91.0 Å². The molecule has 2 aliphatic rings. The van der Waals surface area contributed by atoms with Gasteiger partial charge in [0.2, 0.25) is 0 Å². The average Bonchev–Trinajstić information content (AvgIpc) is 1.56. The molecule has 6 N–H and O–H groups in total. The topological polar surface area (TPSA) is 629 Å². The molecule has 0 saturated heterocycles. The van der Waals surface area contributed by atoms with Crippen LogP contribution < -0.4 is 9.97 Å². The molecule has 4 aromatic carbocycles. The van der Waals surface area contributed by atoms with Gasteiger partial charge in [0.05, 0.1) is 73.3 Å². The second-order valence-electron chi connectivity index (χ2n) is 17.2. The van der Waals surface area contributed by atoms with Crippen molar-refractivity contribution in [2.24, 2.45) is 0 Å². The van der Waals surface area contributed by atoms with Crippen LogP contribution in [0.5, 0.6) is 0 Å². The van der Waals surface area contributed by atoms with Crippen molar-refractivity contribution in [1.29, 1.82) is 0 Å². The maximum atomic E-state index is 13.7. The van der Waals surface area contributed by atoms with Gasteiger partial charge >= 0.3 is 62.6 Å². The Morgan fingerprint density at radius 2 is 0.674 bits per heavy atom. The molecule has 1 unspecified atom stereocenters. The number of aromatic nitrogens is 4. The van der Waals surface area contributed by atoms with Gasteiger partial charge in [-0.25, -0.2) is 20.5 Å². The normalized spacial score (nSPS) is 12.0. The van der Waals surface area contributed by atoms with Crippen LogP contribution in [0.1, 0.15) is 22.8 Å². The number of hydrogen-bond acceptors (Lipinski definition) is 32. The van der Waals surface area contributed by atoms with Gasteiger partial charge < -0.3 is 21.1 Å². The van der Waals surface area contributed by atoms with Gasteiger partial charge in [-0.1, -0.05) is 79.3 Å². The van der Waals surface area contributed by atoms with Crippen molar-refractivity contribution in [1.82, 2.24) is 19.9 Å². The van der Waals surface area contributed by atoms with E-state index < -0.39 is 204 Å². The molecule has 7 aromatic rings. The zero-order valence-electron chi connectivity index (χ0n) is 45.9. The molecular formula is C44H24Mn2N13O29P2S5. The van der Waals surface area contributed by atoms with Crippen molar-refractivity contribution in [3.63, 3.8) is 0 Å². The third kappa shape index (κ3) is 15.3. The zero-order chi connectivity index (χ0) is 69.6. The van der Waals surface area contributed by atoms with Crippen LogP contribution >= 0.6 is 40.1 Å².